The highest BCUT2D eigenvalue weighted by atomic mass is 19.4. The molecule has 2 nitrogen and oxygen atoms in total. The van der Waals surface area contributed by atoms with Crippen molar-refractivity contribution in [2.24, 2.45) is 16.8 Å². The molecule has 0 spiro atoms. The molecule has 1 fully saturated rings. The zero-order valence-corrected chi connectivity index (χ0v) is 7.68. The highest BCUT2D eigenvalue weighted by Crippen LogP contribution is 2.39. The van der Waals surface area contributed by atoms with Crippen molar-refractivity contribution in [3.05, 3.63) is 0 Å². The summed E-state index contributed by atoms with van der Waals surface area (Å²) in [5.41, 5.74) is 0. The molecule has 0 aliphatic heterocycles. The van der Waals surface area contributed by atoms with Crippen molar-refractivity contribution in [2.75, 3.05) is 6.54 Å². The van der Waals surface area contributed by atoms with Gasteiger partial charge in [-0.15, -0.1) is 0 Å². The number of alkyl halides is 3. The predicted molar refractivity (Wildman–Crippen MR) is 44.5 cm³/mol. The van der Waals surface area contributed by atoms with Crippen LogP contribution >= 0.6 is 0 Å². The standard InChI is InChI=1S/C9H12F3NO/c10-9(11,12)8-3-1-7(2-4-8)5-13-6-14/h7-8H,1-5H2. The van der Waals surface area contributed by atoms with E-state index in [-0.39, 0.29) is 18.8 Å². The van der Waals surface area contributed by atoms with E-state index in [0.717, 1.165) is 0 Å². The number of nitrogens with zero attached hydrogens (tertiary/aromatic N) is 1. The lowest BCUT2D eigenvalue weighted by Gasteiger charge is -2.28. The lowest BCUT2D eigenvalue weighted by Crippen LogP contribution is -2.28. The summed E-state index contributed by atoms with van der Waals surface area (Å²) >= 11 is 0. The van der Waals surface area contributed by atoms with Gasteiger partial charge in [-0.1, -0.05) is 0 Å². The zero-order chi connectivity index (χ0) is 10.6. The Bertz CT molecular complexity index is 225. The van der Waals surface area contributed by atoms with Gasteiger partial charge in [0.1, 0.15) is 0 Å². The normalized spacial score (nSPS) is 28.2. The second-order valence-corrected chi connectivity index (χ2v) is 3.69. The molecule has 1 aliphatic rings. The van der Waals surface area contributed by atoms with E-state index in [9.17, 15) is 18.0 Å². The van der Waals surface area contributed by atoms with Crippen molar-refractivity contribution >= 4 is 6.08 Å². The number of rotatable bonds is 2. The lowest BCUT2D eigenvalue weighted by atomic mass is 9.82. The molecule has 0 amide bonds. The van der Waals surface area contributed by atoms with Crippen LogP contribution in [0, 0.1) is 11.8 Å². The minimum absolute atomic E-state index is 0.134. The number of aliphatic imine (C=N–C) groups is 1. The van der Waals surface area contributed by atoms with E-state index in [0.29, 0.717) is 19.4 Å². The Kier molecular flexibility index (Phi) is 3.69. The van der Waals surface area contributed by atoms with Crippen LogP contribution in [0.25, 0.3) is 0 Å². The van der Waals surface area contributed by atoms with Gasteiger partial charge < -0.3 is 0 Å². The Morgan fingerprint density at radius 2 is 1.79 bits per heavy atom. The van der Waals surface area contributed by atoms with Crippen LogP contribution in [-0.2, 0) is 4.79 Å². The van der Waals surface area contributed by atoms with Crippen LogP contribution < -0.4 is 0 Å². The molecule has 0 saturated heterocycles. The van der Waals surface area contributed by atoms with Gasteiger partial charge in [0.25, 0.3) is 0 Å². The van der Waals surface area contributed by atoms with Crippen LogP contribution in [0.5, 0.6) is 0 Å². The number of hydrogen-bond donors (Lipinski definition) is 0. The van der Waals surface area contributed by atoms with Crippen LogP contribution in [0.1, 0.15) is 25.7 Å². The first kappa shape index (κ1) is 11.2. The minimum atomic E-state index is -4.06. The fraction of sp³-hybridized carbons (Fsp3) is 0.889. The third-order valence-corrected chi connectivity index (χ3v) is 2.72. The van der Waals surface area contributed by atoms with Crippen molar-refractivity contribution in [1.82, 2.24) is 0 Å². The van der Waals surface area contributed by atoms with Crippen molar-refractivity contribution in [2.45, 2.75) is 31.9 Å². The summed E-state index contributed by atoms with van der Waals surface area (Å²) < 4.78 is 36.7. The average Bonchev–Trinajstić information content (AvgIpc) is 2.14. The molecule has 0 radical (unpaired) electrons. The summed E-state index contributed by atoms with van der Waals surface area (Å²) in [6.07, 6.45) is -1.29. The van der Waals surface area contributed by atoms with Gasteiger partial charge in [0.15, 0.2) is 0 Å². The first-order valence-corrected chi connectivity index (χ1v) is 4.64. The third-order valence-electron chi connectivity index (χ3n) is 2.72. The van der Waals surface area contributed by atoms with Gasteiger partial charge in [0, 0.05) is 0 Å². The van der Waals surface area contributed by atoms with Gasteiger partial charge in [-0.05, 0) is 31.6 Å². The van der Waals surface area contributed by atoms with Gasteiger partial charge in [0.2, 0.25) is 6.08 Å². The zero-order valence-electron chi connectivity index (χ0n) is 7.68. The molecule has 80 valence electrons. The fourth-order valence-corrected chi connectivity index (χ4v) is 1.84. The van der Waals surface area contributed by atoms with Crippen molar-refractivity contribution in [1.29, 1.82) is 0 Å². The molecule has 1 aliphatic carbocycles. The Labute approximate surface area is 80.2 Å². The molecule has 0 aromatic rings. The van der Waals surface area contributed by atoms with Crippen molar-refractivity contribution in [3.63, 3.8) is 0 Å². The molecule has 0 bridgehead atoms. The number of carbonyl (C=O) groups excluding carboxylic acids is 1. The SMILES string of the molecule is O=C=NCC1CCC(C(F)(F)F)CC1. The first-order chi connectivity index (χ1) is 6.54. The Balaban J connectivity index is 2.35. The second-order valence-electron chi connectivity index (χ2n) is 3.69. The summed E-state index contributed by atoms with van der Waals surface area (Å²) in [6.45, 7) is 0.327. The van der Waals surface area contributed by atoms with E-state index in [1.807, 2.05) is 0 Å². The van der Waals surface area contributed by atoms with Crippen LogP contribution in [0.2, 0.25) is 0 Å². The highest BCUT2D eigenvalue weighted by molar-refractivity contribution is 5.32. The molecule has 0 aromatic carbocycles. The summed E-state index contributed by atoms with van der Waals surface area (Å²) in [5.74, 6) is -1.02. The third kappa shape index (κ3) is 3.14. The lowest BCUT2D eigenvalue weighted by molar-refractivity contribution is -0.183. The summed E-state index contributed by atoms with van der Waals surface area (Å²) in [5, 5.41) is 0. The molecule has 0 aromatic heterocycles. The molecule has 14 heavy (non-hydrogen) atoms. The number of isocyanates is 1. The van der Waals surface area contributed by atoms with Gasteiger partial charge in [0.05, 0.1) is 12.5 Å². The summed E-state index contributed by atoms with van der Waals surface area (Å²) in [7, 11) is 0. The highest BCUT2D eigenvalue weighted by Gasteiger charge is 2.41. The first-order valence-electron chi connectivity index (χ1n) is 4.64. The van der Waals surface area contributed by atoms with E-state index in [2.05, 4.69) is 4.99 Å². The van der Waals surface area contributed by atoms with Crippen LogP contribution in [0.3, 0.4) is 0 Å². The predicted octanol–water partition coefficient (Wildman–Crippen LogP) is 2.69. The van der Waals surface area contributed by atoms with E-state index < -0.39 is 12.1 Å². The quantitative estimate of drug-likeness (QED) is 0.505. The Hall–Kier alpha value is -0.830. The number of hydrogen-bond acceptors (Lipinski definition) is 2. The molecule has 1 rings (SSSR count). The second kappa shape index (κ2) is 4.60. The number of halogens is 3. The molecular weight excluding hydrogens is 195 g/mol. The van der Waals surface area contributed by atoms with E-state index >= 15 is 0 Å². The average molecular weight is 207 g/mol. The fourth-order valence-electron chi connectivity index (χ4n) is 1.84. The van der Waals surface area contributed by atoms with E-state index in [4.69, 9.17) is 0 Å². The van der Waals surface area contributed by atoms with Crippen LogP contribution in [0.15, 0.2) is 4.99 Å². The topological polar surface area (TPSA) is 29.4 Å². The molecule has 0 unspecified atom stereocenters. The summed E-state index contributed by atoms with van der Waals surface area (Å²) in [6, 6.07) is 0. The Morgan fingerprint density at radius 3 is 2.21 bits per heavy atom. The monoisotopic (exact) mass is 207 g/mol. The van der Waals surface area contributed by atoms with Crippen LogP contribution in [0.4, 0.5) is 13.2 Å². The van der Waals surface area contributed by atoms with Crippen molar-refractivity contribution in [3.8, 4) is 0 Å². The largest absolute Gasteiger partial charge is 0.391 e. The maximum atomic E-state index is 12.2. The molecule has 0 heterocycles. The van der Waals surface area contributed by atoms with Gasteiger partial charge >= 0.3 is 6.18 Å². The van der Waals surface area contributed by atoms with Gasteiger partial charge in [-0.25, -0.2) is 9.79 Å². The van der Waals surface area contributed by atoms with E-state index in [1.165, 1.54) is 6.08 Å². The maximum Gasteiger partial charge on any atom is 0.391 e. The smallest absolute Gasteiger partial charge is 0.211 e. The van der Waals surface area contributed by atoms with Gasteiger partial charge in [-0.3, -0.25) is 0 Å². The molecular formula is C9H12F3NO. The van der Waals surface area contributed by atoms with Crippen LogP contribution in [-0.4, -0.2) is 18.8 Å². The molecule has 1 saturated carbocycles. The molecule has 0 atom stereocenters. The van der Waals surface area contributed by atoms with E-state index in [1.54, 1.807) is 0 Å². The maximum absolute atomic E-state index is 12.2. The van der Waals surface area contributed by atoms with Gasteiger partial charge in [-0.2, -0.15) is 13.2 Å². The minimum Gasteiger partial charge on any atom is -0.211 e. The molecule has 5 heteroatoms. The van der Waals surface area contributed by atoms with Crippen molar-refractivity contribution < 1.29 is 18.0 Å². The molecule has 0 N–H and O–H groups in total. The summed E-state index contributed by atoms with van der Waals surface area (Å²) in [4.78, 5) is 13.2. The Morgan fingerprint density at radius 1 is 1.21 bits per heavy atom.